The molecule has 4 aliphatic rings. The van der Waals surface area contributed by atoms with Gasteiger partial charge in [-0.15, -0.1) is 0 Å². The zero-order valence-corrected chi connectivity index (χ0v) is 29.9. The number of carboxylic acid groups (broad SMARTS) is 1. The molecule has 12 heteroatoms. The molecule has 2 unspecified atom stereocenters. The number of nitrogens with zero attached hydrogens (tertiary/aromatic N) is 5. The van der Waals surface area contributed by atoms with Crippen molar-refractivity contribution in [3.8, 4) is 0 Å². The van der Waals surface area contributed by atoms with Crippen LogP contribution in [0.15, 0.2) is 42.5 Å². The van der Waals surface area contributed by atoms with Gasteiger partial charge >= 0.3 is 6.09 Å². The summed E-state index contributed by atoms with van der Waals surface area (Å²) in [5.74, 6) is 0.288. The molecule has 1 amide bonds. The van der Waals surface area contributed by atoms with Crippen molar-refractivity contribution in [2.45, 2.75) is 94.9 Å². The summed E-state index contributed by atoms with van der Waals surface area (Å²) in [5.41, 5.74) is 0.970. The summed E-state index contributed by atoms with van der Waals surface area (Å²) in [5, 5.41) is 10.5. The molecule has 1 aliphatic carbocycles. The van der Waals surface area contributed by atoms with E-state index < -0.39 is 11.7 Å². The minimum absolute atomic E-state index is 0.0158. The number of amides is 1. The van der Waals surface area contributed by atoms with Crippen molar-refractivity contribution < 1.29 is 28.5 Å². The Morgan fingerprint density at radius 1 is 1.04 bits per heavy atom. The van der Waals surface area contributed by atoms with Crippen LogP contribution >= 0.6 is 22.6 Å². The molecule has 0 bridgehead atoms. The Hall–Kier alpha value is -2.65. The number of rotatable bonds is 9. The first kappa shape index (κ1) is 33.8. The van der Waals surface area contributed by atoms with Crippen molar-refractivity contribution >= 4 is 45.5 Å². The number of ether oxygens (including phenoxy) is 3. The molecule has 0 radical (unpaired) electrons. The summed E-state index contributed by atoms with van der Waals surface area (Å²) in [4.78, 5) is 28.5. The average Bonchev–Trinajstić information content (AvgIpc) is 3.91. The lowest BCUT2D eigenvalue weighted by molar-refractivity contribution is -0.197. The first-order valence-electron chi connectivity index (χ1n) is 17.4. The second kappa shape index (κ2) is 14.3. The van der Waals surface area contributed by atoms with Crippen LogP contribution in [0.2, 0.25) is 0 Å². The lowest BCUT2D eigenvalue weighted by atomic mass is 9.87. The largest absolute Gasteiger partial charge is 0.465 e. The number of aromatic nitrogens is 2. The van der Waals surface area contributed by atoms with Gasteiger partial charge in [0.1, 0.15) is 5.82 Å². The SMILES string of the molecule is C[C@@H]1CN(C2CCN(c3nc(C(COC4CCCCO4)(OC4CC4)c4cccc(F)c4)c4cc(I)ccc4n3)CC2)[C@@H](C)CN1C(=O)O. The van der Waals surface area contributed by atoms with Crippen LogP contribution in [0.3, 0.4) is 0 Å². The quantitative estimate of drug-likeness (QED) is 0.249. The van der Waals surface area contributed by atoms with E-state index in [0.717, 1.165) is 79.1 Å². The number of fused-ring (bicyclic) bond motifs is 1. The summed E-state index contributed by atoms with van der Waals surface area (Å²) in [7, 11) is 0. The summed E-state index contributed by atoms with van der Waals surface area (Å²) in [6.45, 7) is 7.69. The molecule has 1 saturated carbocycles. The van der Waals surface area contributed by atoms with Crippen LogP contribution in [0.5, 0.6) is 0 Å². The third-order valence-corrected chi connectivity index (χ3v) is 11.0. The molecule has 10 nitrogen and oxygen atoms in total. The molecule has 4 atom stereocenters. The van der Waals surface area contributed by atoms with E-state index >= 15 is 4.39 Å². The van der Waals surface area contributed by atoms with E-state index in [9.17, 15) is 9.90 Å². The maximum Gasteiger partial charge on any atom is 0.407 e. The highest BCUT2D eigenvalue weighted by Gasteiger charge is 2.46. The highest BCUT2D eigenvalue weighted by molar-refractivity contribution is 14.1. The molecular weight excluding hydrogens is 728 g/mol. The summed E-state index contributed by atoms with van der Waals surface area (Å²) in [6.07, 6.45) is 5.35. The monoisotopic (exact) mass is 773 g/mol. The van der Waals surface area contributed by atoms with Gasteiger partial charge in [-0.2, -0.15) is 0 Å². The average molecular weight is 774 g/mol. The fourth-order valence-electron chi connectivity index (χ4n) is 7.57. The number of piperidine rings is 1. The molecule has 4 fully saturated rings. The van der Waals surface area contributed by atoms with Crippen molar-refractivity contribution in [3.63, 3.8) is 0 Å². The maximum atomic E-state index is 15.0. The number of piperazine rings is 1. The van der Waals surface area contributed by atoms with E-state index in [4.69, 9.17) is 24.2 Å². The van der Waals surface area contributed by atoms with E-state index in [1.807, 2.05) is 25.1 Å². The zero-order valence-electron chi connectivity index (χ0n) is 27.7. The Balaban J connectivity index is 1.24. The van der Waals surface area contributed by atoms with E-state index in [-0.39, 0.29) is 36.9 Å². The Bertz CT molecular complexity index is 1610. The molecule has 3 aliphatic heterocycles. The van der Waals surface area contributed by atoms with Gasteiger partial charge in [-0.1, -0.05) is 12.1 Å². The fraction of sp³-hybridized carbons (Fsp3) is 0.583. The molecule has 1 aromatic heterocycles. The van der Waals surface area contributed by atoms with Crippen LogP contribution in [0.25, 0.3) is 10.9 Å². The van der Waals surface area contributed by atoms with Crippen LogP contribution in [0.1, 0.15) is 70.1 Å². The number of hydrogen-bond donors (Lipinski definition) is 1. The Morgan fingerprint density at radius 3 is 2.56 bits per heavy atom. The predicted molar refractivity (Wildman–Crippen MR) is 189 cm³/mol. The van der Waals surface area contributed by atoms with Crippen LogP contribution in [-0.2, 0) is 19.8 Å². The van der Waals surface area contributed by atoms with Gasteiger partial charge in [-0.25, -0.2) is 19.2 Å². The van der Waals surface area contributed by atoms with E-state index in [1.54, 1.807) is 17.0 Å². The Kier molecular flexibility index (Phi) is 10.1. The van der Waals surface area contributed by atoms with Crippen LogP contribution in [-0.4, -0.2) is 101 Å². The molecule has 0 spiro atoms. The Morgan fingerprint density at radius 2 is 1.85 bits per heavy atom. The van der Waals surface area contributed by atoms with Gasteiger partial charge in [-0.3, -0.25) is 4.90 Å². The lowest BCUT2D eigenvalue weighted by Gasteiger charge is -2.48. The predicted octanol–water partition coefficient (Wildman–Crippen LogP) is 6.38. The summed E-state index contributed by atoms with van der Waals surface area (Å²) in [6, 6.07) is 13.3. The number of hydrogen-bond acceptors (Lipinski definition) is 8. The first-order chi connectivity index (χ1) is 23.2. The van der Waals surface area contributed by atoms with Gasteiger partial charge in [-0.05, 0) is 117 Å². The third-order valence-electron chi connectivity index (χ3n) is 10.3. The summed E-state index contributed by atoms with van der Waals surface area (Å²) < 4.78 is 35.5. The standard InChI is InChI=1S/C36H45FIN5O5/c1-23-21-43(35(44)45)24(2)20-42(23)28-13-15-41(16-14-28)34-39-31-12-9-27(38)19-30(31)33(40-34)36(48-29-10-11-29,25-6-5-7-26(37)18-25)22-47-32-8-3-4-17-46-32/h5-7,9,12,18-19,23-24,28-29,32H,3-4,8,10-11,13-17,20-22H2,1-2H3,(H,44,45)/t23-,24+,32?,36?/m0/s1. The zero-order chi connectivity index (χ0) is 33.4. The van der Waals surface area contributed by atoms with Crippen molar-refractivity contribution in [1.82, 2.24) is 19.8 Å². The van der Waals surface area contributed by atoms with E-state index in [0.29, 0.717) is 36.4 Å². The van der Waals surface area contributed by atoms with Crippen molar-refractivity contribution in [1.29, 1.82) is 0 Å². The molecule has 258 valence electrons. The van der Waals surface area contributed by atoms with Crippen LogP contribution in [0, 0.1) is 9.39 Å². The Labute approximate surface area is 295 Å². The molecule has 7 rings (SSSR count). The second-order valence-electron chi connectivity index (χ2n) is 13.8. The van der Waals surface area contributed by atoms with Crippen molar-refractivity contribution in [2.24, 2.45) is 0 Å². The minimum Gasteiger partial charge on any atom is -0.465 e. The first-order valence-corrected chi connectivity index (χ1v) is 18.4. The number of carbonyl (C=O) groups is 1. The second-order valence-corrected chi connectivity index (χ2v) is 15.1. The molecule has 3 saturated heterocycles. The lowest BCUT2D eigenvalue weighted by Crippen LogP contribution is -2.61. The molecule has 2 aromatic carbocycles. The third kappa shape index (κ3) is 7.14. The normalized spacial score (nSPS) is 25.7. The van der Waals surface area contributed by atoms with Gasteiger partial charge < -0.3 is 29.1 Å². The van der Waals surface area contributed by atoms with Gasteiger partial charge in [0.15, 0.2) is 11.9 Å². The minimum atomic E-state index is -1.18. The summed E-state index contributed by atoms with van der Waals surface area (Å²) >= 11 is 2.31. The number of halogens is 2. The van der Waals surface area contributed by atoms with E-state index in [2.05, 4.69) is 45.4 Å². The highest BCUT2D eigenvalue weighted by atomic mass is 127. The van der Waals surface area contributed by atoms with E-state index in [1.165, 1.54) is 6.07 Å². The highest BCUT2D eigenvalue weighted by Crippen LogP contribution is 2.44. The van der Waals surface area contributed by atoms with Crippen molar-refractivity contribution in [2.75, 3.05) is 44.3 Å². The molecular formula is C36H45FIN5O5. The smallest absolute Gasteiger partial charge is 0.407 e. The molecule has 3 aromatic rings. The van der Waals surface area contributed by atoms with Gasteiger partial charge in [0.25, 0.3) is 0 Å². The van der Waals surface area contributed by atoms with Gasteiger partial charge in [0.05, 0.1) is 23.9 Å². The molecule has 48 heavy (non-hydrogen) atoms. The molecule has 4 heterocycles. The van der Waals surface area contributed by atoms with Crippen molar-refractivity contribution in [3.05, 3.63) is 63.1 Å². The fourth-order valence-corrected chi connectivity index (χ4v) is 8.06. The maximum absolute atomic E-state index is 15.0. The number of benzene rings is 2. The molecule has 1 N–H and O–H groups in total. The topological polar surface area (TPSA) is 100 Å². The number of anilines is 1. The van der Waals surface area contributed by atoms with Crippen LogP contribution in [0.4, 0.5) is 15.1 Å². The van der Waals surface area contributed by atoms with Crippen LogP contribution < -0.4 is 4.90 Å². The van der Waals surface area contributed by atoms with Gasteiger partial charge in [0, 0.05) is 59.9 Å². The van der Waals surface area contributed by atoms with Gasteiger partial charge in [0.2, 0.25) is 5.95 Å².